The Kier molecular flexibility index (Phi) is 5.75. The van der Waals surface area contributed by atoms with Gasteiger partial charge < -0.3 is 15.0 Å². The summed E-state index contributed by atoms with van der Waals surface area (Å²) in [4.78, 5) is 21.4. The van der Waals surface area contributed by atoms with Crippen LogP contribution in [0, 0.1) is 6.92 Å². The highest BCUT2D eigenvalue weighted by molar-refractivity contribution is 7.98. The summed E-state index contributed by atoms with van der Waals surface area (Å²) in [6, 6.07) is 3.92. The number of thioether (sulfide) groups is 1. The fourth-order valence-corrected chi connectivity index (χ4v) is 4.36. The number of carbonyl (C=O) groups excluding carboxylic acids is 1. The van der Waals surface area contributed by atoms with Crippen molar-refractivity contribution in [3.8, 4) is 0 Å². The molecule has 0 aromatic carbocycles. The minimum atomic E-state index is 0.01000. The van der Waals surface area contributed by atoms with Crippen LogP contribution in [0.5, 0.6) is 0 Å². The van der Waals surface area contributed by atoms with Crippen LogP contribution in [0.2, 0.25) is 0 Å². The minimum Gasteiger partial charge on any atom is -0.373 e. The van der Waals surface area contributed by atoms with Crippen LogP contribution < -0.4 is 5.32 Å². The molecule has 5 nitrogen and oxygen atoms in total. The van der Waals surface area contributed by atoms with Gasteiger partial charge in [-0.15, -0.1) is 11.3 Å². The van der Waals surface area contributed by atoms with E-state index in [4.69, 9.17) is 4.74 Å². The lowest BCUT2D eigenvalue weighted by Gasteiger charge is -2.05. The first-order chi connectivity index (χ1) is 11.2. The van der Waals surface area contributed by atoms with Crippen molar-refractivity contribution in [1.29, 1.82) is 0 Å². The molecule has 1 aliphatic heterocycles. The minimum absolute atomic E-state index is 0.01000. The van der Waals surface area contributed by atoms with Gasteiger partial charge in [0.25, 0.3) is 5.91 Å². The van der Waals surface area contributed by atoms with Crippen molar-refractivity contribution in [1.82, 2.24) is 15.3 Å². The summed E-state index contributed by atoms with van der Waals surface area (Å²) in [7, 11) is 0. The molecule has 3 heterocycles. The normalized spacial score (nSPS) is 17.5. The summed E-state index contributed by atoms with van der Waals surface area (Å²) >= 11 is 3.32. The molecule has 2 aromatic rings. The van der Waals surface area contributed by atoms with E-state index in [1.807, 2.05) is 19.1 Å². The van der Waals surface area contributed by atoms with Gasteiger partial charge in [-0.05, 0) is 31.9 Å². The monoisotopic (exact) mass is 351 g/mol. The average molecular weight is 351 g/mol. The SMILES string of the molecule is Cc1[nH]cnc1CSCCNC(=O)c1ccc(C2CCCO2)s1. The van der Waals surface area contributed by atoms with E-state index in [9.17, 15) is 4.79 Å². The van der Waals surface area contributed by atoms with E-state index in [1.165, 1.54) is 0 Å². The Hall–Kier alpha value is -1.31. The molecule has 0 radical (unpaired) electrons. The molecule has 1 amide bonds. The van der Waals surface area contributed by atoms with Gasteiger partial charge in [-0.1, -0.05) is 0 Å². The smallest absolute Gasteiger partial charge is 0.261 e. The van der Waals surface area contributed by atoms with Gasteiger partial charge in [-0.3, -0.25) is 4.79 Å². The third kappa shape index (κ3) is 4.37. The molecule has 0 aliphatic carbocycles. The maximum Gasteiger partial charge on any atom is 0.261 e. The molecule has 0 bridgehead atoms. The molecule has 124 valence electrons. The number of imidazole rings is 1. The third-order valence-corrected chi connectivity index (χ3v) is 5.95. The zero-order valence-electron chi connectivity index (χ0n) is 13.1. The number of thiophene rings is 1. The van der Waals surface area contributed by atoms with Gasteiger partial charge in [0.15, 0.2) is 0 Å². The van der Waals surface area contributed by atoms with Gasteiger partial charge in [-0.2, -0.15) is 11.8 Å². The first-order valence-electron chi connectivity index (χ1n) is 7.80. The molecule has 1 fully saturated rings. The van der Waals surface area contributed by atoms with E-state index in [1.54, 1.807) is 29.4 Å². The van der Waals surface area contributed by atoms with Gasteiger partial charge in [0.05, 0.1) is 23.0 Å². The Labute approximate surface area is 144 Å². The topological polar surface area (TPSA) is 67.0 Å². The molecule has 1 unspecified atom stereocenters. The van der Waals surface area contributed by atoms with Crippen LogP contribution in [0.3, 0.4) is 0 Å². The van der Waals surface area contributed by atoms with E-state index in [-0.39, 0.29) is 12.0 Å². The number of nitrogens with zero attached hydrogens (tertiary/aromatic N) is 1. The number of H-pyrrole nitrogens is 1. The number of nitrogens with one attached hydrogen (secondary N) is 2. The van der Waals surface area contributed by atoms with E-state index in [0.717, 1.165) is 52.1 Å². The lowest BCUT2D eigenvalue weighted by Crippen LogP contribution is -2.24. The summed E-state index contributed by atoms with van der Waals surface area (Å²) in [5, 5.41) is 2.98. The molecule has 1 saturated heterocycles. The van der Waals surface area contributed by atoms with Crippen LogP contribution in [-0.4, -0.2) is 34.8 Å². The highest BCUT2D eigenvalue weighted by Gasteiger charge is 2.20. The van der Waals surface area contributed by atoms with Crippen molar-refractivity contribution < 1.29 is 9.53 Å². The Balaban J connectivity index is 1.38. The standard InChI is InChI=1S/C16H21N3O2S2/c1-11-12(19-10-18-11)9-22-8-6-17-16(20)15-5-4-14(23-15)13-3-2-7-21-13/h4-5,10,13H,2-3,6-9H2,1H3,(H,17,20)(H,18,19). The fourth-order valence-electron chi connectivity index (χ4n) is 2.48. The van der Waals surface area contributed by atoms with Crippen LogP contribution in [-0.2, 0) is 10.5 Å². The third-order valence-electron chi connectivity index (χ3n) is 3.80. The van der Waals surface area contributed by atoms with E-state index < -0.39 is 0 Å². The fraction of sp³-hybridized carbons (Fsp3) is 0.500. The Bertz CT molecular complexity index is 647. The Morgan fingerprint density at radius 1 is 1.57 bits per heavy atom. The predicted molar refractivity (Wildman–Crippen MR) is 94.1 cm³/mol. The maximum atomic E-state index is 12.2. The first kappa shape index (κ1) is 16.5. The Morgan fingerprint density at radius 3 is 3.22 bits per heavy atom. The number of amides is 1. The predicted octanol–water partition coefficient (Wildman–Crippen LogP) is 3.29. The quantitative estimate of drug-likeness (QED) is 0.751. The number of ether oxygens (including phenoxy) is 1. The van der Waals surface area contributed by atoms with Gasteiger partial charge in [-0.25, -0.2) is 4.98 Å². The largest absolute Gasteiger partial charge is 0.373 e. The number of carbonyl (C=O) groups is 1. The molecule has 7 heteroatoms. The highest BCUT2D eigenvalue weighted by atomic mass is 32.2. The second kappa shape index (κ2) is 7.99. The molecule has 1 atom stereocenters. The average Bonchev–Trinajstić information content (AvgIpc) is 3.28. The summed E-state index contributed by atoms with van der Waals surface area (Å²) in [5.74, 6) is 1.76. The lowest BCUT2D eigenvalue weighted by atomic mass is 10.2. The van der Waals surface area contributed by atoms with Gasteiger partial charge in [0.2, 0.25) is 0 Å². The van der Waals surface area contributed by atoms with Crippen LogP contribution >= 0.6 is 23.1 Å². The van der Waals surface area contributed by atoms with Crippen molar-refractivity contribution in [2.75, 3.05) is 18.9 Å². The first-order valence-corrected chi connectivity index (χ1v) is 9.77. The number of hydrogen-bond donors (Lipinski definition) is 2. The van der Waals surface area contributed by atoms with Crippen molar-refractivity contribution in [2.24, 2.45) is 0 Å². The molecule has 2 N–H and O–H groups in total. The lowest BCUT2D eigenvalue weighted by molar-refractivity contribution is 0.0960. The summed E-state index contributed by atoms with van der Waals surface area (Å²) in [6.07, 6.45) is 4.08. The number of aryl methyl sites for hydroxylation is 1. The molecule has 3 rings (SSSR count). The Morgan fingerprint density at radius 2 is 2.48 bits per heavy atom. The van der Waals surface area contributed by atoms with Crippen LogP contribution in [0.15, 0.2) is 18.5 Å². The number of aromatic nitrogens is 2. The maximum absolute atomic E-state index is 12.2. The van der Waals surface area contributed by atoms with E-state index in [2.05, 4.69) is 15.3 Å². The molecular weight excluding hydrogens is 330 g/mol. The van der Waals surface area contributed by atoms with Gasteiger partial charge in [0.1, 0.15) is 0 Å². The molecule has 0 saturated carbocycles. The van der Waals surface area contributed by atoms with Crippen LogP contribution in [0.25, 0.3) is 0 Å². The second-order valence-corrected chi connectivity index (χ2v) is 7.71. The van der Waals surface area contributed by atoms with Crippen molar-refractivity contribution in [2.45, 2.75) is 31.6 Å². The molecule has 23 heavy (non-hydrogen) atoms. The molecule has 2 aromatic heterocycles. The summed E-state index contributed by atoms with van der Waals surface area (Å²) in [6.45, 7) is 3.52. The van der Waals surface area contributed by atoms with Crippen molar-refractivity contribution in [3.63, 3.8) is 0 Å². The number of aromatic amines is 1. The summed E-state index contributed by atoms with van der Waals surface area (Å²) in [5.41, 5.74) is 2.20. The second-order valence-electron chi connectivity index (χ2n) is 5.49. The van der Waals surface area contributed by atoms with E-state index >= 15 is 0 Å². The number of rotatable bonds is 7. The molecule has 0 spiro atoms. The van der Waals surface area contributed by atoms with Crippen molar-refractivity contribution >= 4 is 29.0 Å². The highest BCUT2D eigenvalue weighted by Crippen LogP contribution is 2.33. The van der Waals surface area contributed by atoms with E-state index in [0.29, 0.717) is 6.54 Å². The number of hydrogen-bond acceptors (Lipinski definition) is 5. The van der Waals surface area contributed by atoms with Crippen LogP contribution in [0.1, 0.15) is 44.9 Å². The van der Waals surface area contributed by atoms with Crippen LogP contribution in [0.4, 0.5) is 0 Å². The zero-order chi connectivity index (χ0) is 16.1. The van der Waals surface area contributed by atoms with Gasteiger partial charge >= 0.3 is 0 Å². The summed E-state index contributed by atoms with van der Waals surface area (Å²) < 4.78 is 5.66. The zero-order valence-corrected chi connectivity index (χ0v) is 14.8. The molecular formula is C16H21N3O2S2. The molecule has 1 aliphatic rings. The van der Waals surface area contributed by atoms with Crippen molar-refractivity contribution in [3.05, 3.63) is 39.6 Å². The van der Waals surface area contributed by atoms with Gasteiger partial charge in [0, 0.05) is 35.2 Å².